The second-order valence-corrected chi connectivity index (χ2v) is 7.71. The minimum absolute atomic E-state index is 0.729. The van der Waals surface area contributed by atoms with E-state index < -0.39 is 0 Å². The van der Waals surface area contributed by atoms with Crippen LogP contribution in [0.3, 0.4) is 0 Å². The van der Waals surface area contributed by atoms with Gasteiger partial charge in [0.15, 0.2) is 12.4 Å². The van der Waals surface area contributed by atoms with Crippen molar-refractivity contribution in [2.45, 2.75) is 50.7 Å². The van der Waals surface area contributed by atoms with Crippen LogP contribution in [0, 0.1) is 5.92 Å². The molecule has 2 atom stereocenters. The van der Waals surface area contributed by atoms with Gasteiger partial charge in [0.1, 0.15) is 16.9 Å². The molecule has 4 nitrogen and oxygen atoms in total. The number of piperidine rings is 1. The van der Waals surface area contributed by atoms with Crippen molar-refractivity contribution in [1.29, 1.82) is 0 Å². The van der Waals surface area contributed by atoms with Crippen molar-refractivity contribution in [2.75, 3.05) is 0 Å². The van der Waals surface area contributed by atoms with Crippen molar-refractivity contribution in [3.63, 3.8) is 0 Å². The summed E-state index contributed by atoms with van der Waals surface area (Å²) >= 11 is 0. The third-order valence-electron chi connectivity index (χ3n) is 6.06. The Balaban J connectivity index is 1.29. The summed E-state index contributed by atoms with van der Waals surface area (Å²) in [5, 5.41) is 0. The van der Waals surface area contributed by atoms with E-state index in [4.69, 9.17) is 4.98 Å². The number of imidazole rings is 1. The predicted octanol–water partition coefficient (Wildman–Crippen LogP) is 3.36. The predicted molar refractivity (Wildman–Crippen MR) is 97.9 cm³/mol. The molecule has 2 N–H and O–H groups in total. The normalized spacial score (nSPS) is 26.3. The molecule has 128 valence electrons. The molecule has 2 unspecified atom stereocenters. The van der Waals surface area contributed by atoms with Crippen LogP contribution in [-0.4, -0.2) is 27.0 Å². The van der Waals surface area contributed by atoms with Crippen molar-refractivity contribution in [2.24, 2.45) is 5.92 Å². The number of pyridine rings is 1. The van der Waals surface area contributed by atoms with E-state index in [1.54, 1.807) is 0 Å². The number of nitrogens with zero attached hydrogens (tertiary/aromatic N) is 2. The van der Waals surface area contributed by atoms with Crippen molar-refractivity contribution in [3.05, 3.63) is 60.2 Å². The molecule has 0 amide bonds. The Morgan fingerprint density at radius 2 is 1.88 bits per heavy atom. The number of aromatic nitrogens is 3. The number of H-pyrrole nitrogens is 2. The zero-order chi connectivity index (χ0) is 16.6. The summed E-state index contributed by atoms with van der Waals surface area (Å²) in [5.41, 5.74) is 3.65. The first-order valence-electron chi connectivity index (χ1n) is 9.49. The topological polar surface area (TPSA) is 46.1 Å². The van der Waals surface area contributed by atoms with E-state index in [2.05, 4.69) is 45.2 Å². The lowest BCUT2D eigenvalue weighted by atomic mass is 9.86. The summed E-state index contributed by atoms with van der Waals surface area (Å²) < 4.78 is 0. The Morgan fingerprint density at radius 3 is 2.64 bits per heavy atom. The molecule has 0 saturated carbocycles. The summed E-state index contributed by atoms with van der Waals surface area (Å²) in [7, 11) is 0. The molecule has 25 heavy (non-hydrogen) atoms. The number of aromatic amines is 2. The Morgan fingerprint density at radius 1 is 1.08 bits per heavy atom. The second kappa shape index (κ2) is 6.26. The minimum atomic E-state index is 0.729. The molecule has 4 heteroatoms. The van der Waals surface area contributed by atoms with Crippen molar-refractivity contribution >= 4 is 11.0 Å². The lowest BCUT2D eigenvalue weighted by molar-refractivity contribution is -0.376. The Bertz CT molecular complexity index is 809. The summed E-state index contributed by atoms with van der Waals surface area (Å²) in [6.07, 6.45) is 10.5. The molecule has 5 rings (SSSR count). The zero-order valence-electron chi connectivity index (χ0n) is 14.5. The largest absolute Gasteiger partial charge is 0.336 e. The van der Waals surface area contributed by atoms with Gasteiger partial charge in [-0.2, -0.15) is 0 Å². The first-order valence-corrected chi connectivity index (χ1v) is 9.49. The average molecular weight is 333 g/mol. The fraction of sp³-hybridized carbons (Fsp3) is 0.429. The van der Waals surface area contributed by atoms with E-state index in [9.17, 15) is 0 Å². The lowest BCUT2D eigenvalue weighted by Crippen LogP contribution is -2.42. The van der Waals surface area contributed by atoms with Crippen LogP contribution in [0.15, 0.2) is 48.8 Å². The maximum absolute atomic E-state index is 4.77. The third-order valence-corrected chi connectivity index (χ3v) is 6.06. The smallest absolute Gasteiger partial charge is 0.193 e. The Hall–Kier alpha value is -2.20. The van der Waals surface area contributed by atoms with Crippen LogP contribution < -0.4 is 4.98 Å². The molecule has 2 fully saturated rings. The van der Waals surface area contributed by atoms with Gasteiger partial charge in [0, 0.05) is 18.2 Å². The van der Waals surface area contributed by atoms with Crippen LogP contribution in [0.1, 0.15) is 37.1 Å². The molecule has 0 spiro atoms. The first kappa shape index (κ1) is 15.1. The van der Waals surface area contributed by atoms with Crippen LogP contribution in [0.4, 0.5) is 0 Å². The molecule has 2 aromatic heterocycles. The fourth-order valence-corrected chi connectivity index (χ4v) is 4.96. The molecule has 3 aromatic rings. The SMILES string of the molecule is c1ccc(CC2CC3CCC(C2)N3Cc2nc3cc[nH+]cc3[nH]2)cc1. The van der Waals surface area contributed by atoms with Gasteiger partial charge in [0.2, 0.25) is 0 Å². The van der Waals surface area contributed by atoms with Gasteiger partial charge >= 0.3 is 0 Å². The van der Waals surface area contributed by atoms with Gasteiger partial charge in [-0.05, 0) is 43.6 Å². The molecular formula is C21H25N4+. The second-order valence-electron chi connectivity index (χ2n) is 7.71. The van der Waals surface area contributed by atoms with E-state index in [-0.39, 0.29) is 0 Å². The highest BCUT2D eigenvalue weighted by Gasteiger charge is 2.40. The monoisotopic (exact) mass is 333 g/mol. The van der Waals surface area contributed by atoms with Gasteiger partial charge < -0.3 is 4.98 Å². The highest BCUT2D eigenvalue weighted by Crippen LogP contribution is 2.40. The quantitative estimate of drug-likeness (QED) is 0.796. The number of rotatable bonds is 4. The van der Waals surface area contributed by atoms with E-state index in [0.29, 0.717) is 0 Å². The van der Waals surface area contributed by atoms with Crippen LogP contribution >= 0.6 is 0 Å². The molecule has 2 aliphatic heterocycles. The Labute approximate surface area is 148 Å². The van der Waals surface area contributed by atoms with Crippen LogP contribution in [0.2, 0.25) is 0 Å². The Kier molecular flexibility index (Phi) is 3.78. The fourth-order valence-electron chi connectivity index (χ4n) is 4.96. The lowest BCUT2D eigenvalue weighted by Gasteiger charge is -2.38. The summed E-state index contributed by atoms with van der Waals surface area (Å²) in [6, 6.07) is 14.5. The van der Waals surface area contributed by atoms with Crippen molar-refractivity contribution in [3.8, 4) is 0 Å². The van der Waals surface area contributed by atoms with Crippen molar-refractivity contribution < 1.29 is 4.98 Å². The zero-order valence-corrected chi connectivity index (χ0v) is 14.5. The summed E-state index contributed by atoms with van der Waals surface area (Å²) in [6.45, 7) is 0.960. The number of nitrogens with one attached hydrogen (secondary N) is 2. The summed E-state index contributed by atoms with van der Waals surface area (Å²) in [4.78, 5) is 14.1. The number of hydrogen-bond acceptors (Lipinski definition) is 2. The van der Waals surface area contributed by atoms with E-state index in [0.717, 1.165) is 41.4 Å². The first-order chi connectivity index (χ1) is 12.3. The summed E-state index contributed by atoms with van der Waals surface area (Å²) in [5.74, 6) is 1.94. The van der Waals surface area contributed by atoms with E-state index in [1.165, 1.54) is 37.7 Å². The van der Waals surface area contributed by atoms with Gasteiger partial charge in [-0.25, -0.2) is 9.97 Å². The molecule has 2 bridgehead atoms. The maximum atomic E-state index is 4.77. The third kappa shape index (κ3) is 2.95. The van der Waals surface area contributed by atoms with Gasteiger partial charge in [0.25, 0.3) is 0 Å². The number of fused-ring (bicyclic) bond motifs is 3. The van der Waals surface area contributed by atoms with Gasteiger partial charge in [-0.1, -0.05) is 30.3 Å². The van der Waals surface area contributed by atoms with E-state index >= 15 is 0 Å². The number of hydrogen-bond donors (Lipinski definition) is 1. The molecule has 4 heterocycles. The average Bonchev–Trinajstić information content (AvgIpc) is 3.14. The molecule has 0 aliphatic carbocycles. The molecule has 0 radical (unpaired) electrons. The molecule has 2 saturated heterocycles. The van der Waals surface area contributed by atoms with Gasteiger partial charge in [-0.3, -0.25) is 4.90 Å². The van der Waals surface area contributed by atoms with Crippen LogP contribution in [-0.2, 0) is 13.0 Å². The number of benzene rings is 1. The highest BCUT2D eigenvalue weighted by molar-refractivity contribution is 5.72. The van der Waals surface area contributed by atoms with Gasteiger partial charge in [-0.15, -0.1) is 0 Å². The molecular weight excluding hydrogens is 308 g/mol. The highest BCUT2D eigenvalue weighted by atomic mass is 15.2. The standard InChI is InChI=1S/C21H24N4/c1-2-4-15(5-3-1)10-16-11-17-6-7-18(12-16)25(17)14-21-23-19-8-9-22-13-20(19)24-21/h1-5,8-9,13,16-18H,6-7,10-12,14H2,(H,23,24)/p+1. The molecule has 1 aromatic carbocycles. The van der Waals surface area contributed by atoms with Gasteiger partial charge in [0.05, 0.1) is 6.54 Å². The van der Waals surface area contributed by atoms with Crippen LogP contribution in [0.5, 0.6) is 0 Å². The molecule has 2 aliphatic rings. The van der Waals surface area contributed by atoms with Crippen LogP contribution in [0.25, 0.3) is 11.0 Å². The van der Waals surface area contributed by atoms with E-state index in [1.807, 2.05) is 18.5 Å². The minimum Gasteiger partial charge on any atom is -0.336 e. The van der Waals surface area contributed by atoms with Crippen molar-refractivity contribution in [1.82, 2.24) is 14.9 Å². The maximum Gasteiger partial charge on any atom is 0.193 e.